The van der Waals surface area contributed by atoms with Gasteiger partial charge in [-0.1, -0.05) is 35.9 Å². The van der Waals surface area contributed by atoms with Crippen molar-refractivity contribution in [2.45, 2.75) is 6.54 Å². The molecule has 0 aliphatic rings. The lowest BCUT2D eigenvalue weighted by molar-refractivity contribution is 0.409. The number of aromatic hydroxyl groups is 1. The van der Waals surface area contributed by atoms with Gasteiger partial charge in [0.25, 0.3) is 6.01 Å². The van der Waals surface area contributed by atoms with Crippen LogP contribution >= 0.6 is 11.6 Å². The van der Waals surface area contributed by atoms with E-state index in [1.54, 1.807) is 17.0 Å². The van der Waals surface area contributed by atoms with Crippen LogP contribution in [0.15, 0.2) is 48.8 Å². The van der Waals surface area contributed by atoms with Crippen molar-refractivity contribution in [1.29, 1.82) is 0 Å². The SMILES string of the molecule is Oc1nc2c(Cl)nc3ccccc3c2n1Cc1cccnc1. The average Bonchev–Trinajstić information content (AvgIpc) is 2.86. The summed E-state index contributed by atoms with van der Waals surface area (Å²) in [4.78, 5) is 12.6. The number of hydrogen-bond acceptors (Lipinski definition) is 4. The minimum absolute atomic E-state index is 0.0843. The van der Waals surface area contributed by atoms with Crippen molar-refractivity contribution >= 4 is 33.5 Å². The predicted molar refractivity (Wildman–Crippen MR) is 85.0 cm³/mol. The highest BCUT2D eigenvalue weighted by Gasteiger charge is 2.17. The van der Waals surface area contributed by atoms with E-state index in [1.807, 2.05) is 36.4 Å². The summed E-state index contributed by atoms with van der Waals surface area (Å²) in [6.45, 7) is 0.459. The minimum atomic E-state index is -0.0843. The van der Waals surface area contributed by atoms with Crippen molar-refractivity contribution < 1.29 is 5.11 Å². The molecule has 0 atom stereocenters. The number of fused-ring (bicyclic) bond motifs is 3. The summed E-state index contributed by atoms with van der Waals surface area (Å²) in [5.41, 5.74) is 3.01. The van der Waals surface area contributed by atoms with Crippen LogP contribution in [0.4, 0.5) is 0 Å². The Balaban J connectivity index is 2.03. The lowest BCUT2D eigenvalue weighted by atomic mass is 10.2. The van der Waals surface area contributed by atoms with E-state index in [4.69, 9.17) is 11.6 Å². The Morgan fingerprint density at radius 2 is 1.95 bits per heavy atom. The van der Waals surface area contributed by atoms with Crippen LogP contribution in [0.25, 0.3) is 21.9 Å². The minimum Gasteiger partial charge on any atom is -0.480 e. The summed E-state index contributed by atoms with van der Waals surface area (Å²) in [6.07, 6.45) is 3.47. The Labute approximate surface area is 130 Å². The van der Waals surface area contributed by atoms with Gasteiger partial charge >= 0.3 is 0 Å². The van der Waals surface area contributed by atoms with Gasteiger partial charge < -0.3 is 5.11 Å². The maximum absolute atomic E-state index is 10.2. The second kappa shape index (κ2) is 4.96. The number of aromatic nitrogens is 4. The molecule has 5 nitrogen and oxygen atoms in total. The first-order valence-electron chi connectivity index (χ1n) is 6.76. The Morgan fingerprint density at radius 1 is 1.09 bits per heavy atom. The van der Waals surface area contributed by atoms with Gasteiger partial charge in [-0.05, 0) is 17.7 Å². The number of imidazole rings is 1. The fourth-order valence-electron chi connectivity index (χ4n) is 2.61. The molecule has 0 bridgehead atoms. The van der Waals surface area contributed by atoms with Gasteiger partial charge in [-0.15, -0.1) is 0 Å². The van der Waals surface area contributed by atoms with Crippen molar-refractivity contribution in [3.05, 3.63) is 59.5 Å². The first kappa shape index (κ1) is 13.0. The summed E-state index contributed by atoms with van der Waals surface area (Å²) in [6, 6.07) is 11.4. The Kier molecular flexibility index (Phi) is 2.94. The van der Waals surface area contributed by atoms with Crippen molar-refractivity contribution in [3.63, 3.8) is 0 Å². The Morgan fingerprint density at radius 3 is 2.77 bits per heavy atom. The molecule has 4 aromatic rings. The molecule has 4 rings (SSSR count). The average molecular weight is 311 g/mol. The van der Waals surface area contributed by atoms with E-state index in [9.17, 15) is 5.11 Å². The van der Waals surface area contributed by atoms with Crippen molar-refractivity contribution in [2.24, 2.45) is 0 Å². The zero-order valence-electron chi connectivity index (χ0n) is 11.4. The first-order valence-corrected chi connectivity index (χ1v) is 7.14. The second-order valence-corrected chi connectivity index (χ2v) is 5.33. The lowest BCUT2D eigenvalue weighted by Gasteiger charge is -2.07. The lowest BCUT2D eigenvalue weighted by Crippen LogP contribution is -2.00. The number of nitrogens with zero attached hydrogens (tertiary/aromatic N) is 4. The highest BCUT2D eigenvalue weighted by atomic mass is 35.5. The number of rotatable bonds is 2. The second-order valence-electron chi connectivity index (χ2n) is 4.98. The molecule has 3 heterocycles. The third-order valence-corrected chi connectivity index (χ3v) is 3.85. The third-order valence-electron chi connectivity index (χ3n) is 3.58. The molecule has 0 unspecified atom stereocenters. The summed E-state index contributed by atoms with van der Waals surface area (Å²) in [5.74, 6) is 0. The van der Waals surface area contributed by atoms with Gasteiger partial charge in [0.15, 0.2) is 5.15 Å². The van der Waals surface area contributed by atoms with Gasteiger partial charge in [0.05, 0.1) is 17.6 Å². The van der Waals surface area contributed by atoms with Gasteiger partial charge in [-0.2, -0.15) is 4.98 Å². The highest BCUT2D eigenvalue weighted by Crippen LogP contribution is 2.32. The number of hydrogen-bond donors (Lipinski definition) is 1. The van der Waals surface area contributed by atoms with Crippen LogP contribution in [0.1, 0.15) is 5.56 Å². The number of para-hydroxylation sites is 1. The summed E-state index contributed by atoms with van der Waals surface area (Å²) in [7, 11) is 0. The molecule has 3 aromatic heterocycles. The van der Waals surface area contributed by atoms with Gasteiger partial charge in [0, 0.05) is 17.8 Å². The zero-order chi connectivity index (χ0) is 15.1. The molecule has 0 spiro atoms. The normalized spacial score (nSPS) is 11.3. The molecule has 1 aromatic carbocycles. The van der Waals surface area contributed by atoms with E-state index in [1.165, 1.54) is 0 Å². The van der Waals surface area contributed by atoms with Gasteiger partial charge in [0.2, 0.25) is 0 Å². The van der Waals surface area contributed by atoms with E-state index in [2.05, 4.69) is 15.0 Å². The zero-order valence-corrected chi connectivity index (χ0v) is 12.2. The largest absolute Gasteiger partial charge is 0.480 e. The van der Waals surface area contributed by atoms with Crippen LogP contribution in [0.3, 0.4) is 0 Å². The smallest absolute Gasteiger partial charge is 0.295 e. The molecule has 0 aliphatic heterocycles. The van der Waals surface area contributed by atoms with Crippen LogP contribution in [0, 0.1) is 0 Å². The quantitative estimate of drug-likeness (QED) is 0.576. The van der Waals surface area contributed by atoms with Crippen LogP contribution in [-0.2, 0) is 6.54 Å². The molecule has 0 saturated carbocycles. The topological polar surface area (TPSA) is 63.8 Å². The molecule has 1 N–H and O–H groups in total. The number of pyridine rings is 2. The molecule has 0 amide bonds. The van der Waals surface area contributed by atoms with Crippen LogP contribution < -0.4 is 0 Å². The molecule has 0 aliphatic carbocycles. The molecule has 0 radical (unpaired) electrons. The highest BCUT2D eigenvalue weighted by molar-refractivity contribution is 6.35. The molecule has 0 fully saturated rings. The van der Waals surface area contributed by atoms with Gasteiger partial charge in [-0.25, -0.2) is 4.98 Å². The maximum atomic E-state index is 10.2. The monoisotopic (exact) mass is 310 g/mol. The van der Waals surface area contributed by atoms with Crippen molar-refractivity contribution in [1.82, 2.24) is 19.5 Å². The van der Waals surface area contributed by atoms with Crippen molar-refractivity contribution in [2.75, 3.05) is 0 Å². The maximum Gasteiger partial charge on any atom is 0.295 e. The molecule has 108 valence electrons. The van der Waals surface area contributed by atoms with Crippen molar-refractivity contribution in [3.8, 4) is 6.01 Å². The molecule has 22 heavy (non-hydrogen) atoms. The van der Waals surface area contributed by atoms with Crippen LogP contribution in [0.5, 0.6) is 6.01 Å². The van der Waals surface area contributed by atoms with E-state index in [-0.39, 0.29) is 11.2 Å². The predicted octanol–water partition coefficient (Wildman–Crippen LogP) is 3.39. The molecule has 6 heteroatoms. The Hall–Kier alpha value is -2.66. The van der Waals surface area contributed by atoms with Gasteiger partial charge in [0.1, 0.15) is 5.52 Å². The molecular weight excluding hydrogens is 300 g/mol. The summed E-state index contributed by atoms with van der Waals surface area (Å²) in [5, 5.41) is 11.4. The fraction of sp³-hybridized carbons (Fsp3) is 0.0625. The van der Waals surface area contributed by atoms with Crippen LogP contribution in [0.2, 0.25) is 5.15 Å². The standard InChI is InChI=1S/C16H11ClN4O/c17-15-13-14(11-5-1-2-6-12(11)19-15)21(16(22)20-13)9-10-4-3-7-18-8-10/h1-8H,9H2,(H,20,22). The van der Waals surface area contributed by atoms with E-state index >= 15 is 0 Å². The van der Waals surface area contributed by atoms with Gasteiger partial charge in [-0.3, -0.25) is 9.55 Å². The van der Waals surface area contributed by atoms with E-state index in [0.717, 1.165) is 22.0 Å². The third kappa shape index (κ3) is 1.98. The van der Waals surface area contributed by atoms with Crippen LogP contribution in [-0.4, -0.2) is 24.6 Å². The summed E-state index contributed by atoms with van der Waals surface area (Å²) >= 11 is 6.21. The Bertz CT molecular complexity index is 982. The summed E-state index contributed by atoms with van der Waals surface area (Å²) < 4.78 is 1.72. The first-order chi connectivity index (χ1) is 10.7. The number of benzene rings is 1. The van der Waals surface area contributed by atoms with E-state index < -0.39 is 0 Å². The fourth-order valence-corrected chi connectivity index (χ4v) is 2.83. The molecule has 0 saturated heterocycles. The number of halogens is 1. The molecular formula is C16H11ClN4O. The van der Waals surface area contributed by atoms with E-state index in [0.29, 0.717) is 12.1 Å².